The first kappa shape index (κ1) is 15.5. The summed E-state index contributed by atoms with van der Waals surface area (Å²) in [6.07, 6.45) is 5.16. The highest BCUT2D eigenvalue weighted by atomic mass is 35.5. The Morgan fingerprint density at radius 3 is 2.91 bits per heavy atom. The number of nitrogens with zero attached hydrogens (tertiary/aromatic N) is 2. The van der Waals surface area contributed by atoms with Crippen LogP contribution in [-0.4, -0.2) is 28.1 Å². The number of benzene rings is 1. The highest BCUT2D eigenvalue weighted by molar-refractivity contribution is 6.30. The number of rotatable bonds is 5. The van der Waals surface area contributed by atoms with Gasteiger partial charge in [0.1, 0.15) is 5.15 Å². The van der Waals surface area contributed by atoms with Crippen LogP contribution in [0.1, 0.15) is 35.6 Å². The van der Waals surface area contributed by atoms with E-state index in [9.17, 15) is 5.11 Å². The lowest BCUT2D eigenvalue weighted by molar-refractivity contribution is 0.131. The van der Waals surface area contributed by atoms with E-state index in [0.29, 0.717) is 24.3 Å². The van der Waals surface area contributed by atoms with Gasteiger partial charge in [0.15, 0.2) is 0 Å². The van der Waals surface area contributed by atoms with Crippen molar-refractivity contribution in [1.82, 2.24) is 9.88 Å². The predicted molar refractivity (Wildman–Crippen MR) is 88.9 cm³/mol. The van der Waals surface area contributed by atoms with Crippen LogP contribution in [0.4, 0.5) is 0 Å². The fourth-order valence-corrected chi connectivity index (χ4v) is 3.52. The van der Waals surface area contributed by atoms with Gasteiger partial charge in [-0.2, -0.15) is 0 Å². The quantitative estimate of drug-likeness (QED) is 0.856. The highest BCUT2D eigenvalue weighted by Crippen LogP contribution is 2.35. The van der Waals surface area contributed by atoms with E-state index in [1.54, 1.807) is 6.20 Å². The van der Waals surface area contributed by atoms with Crippen molar-refractivity contribution in [3.8, 4) is 0 Å². The van der Waals surface area contributed by atoms with E-state index < -0.39 is 0 Å². The molecule has 1 aliphatic rings. The maximum atomic E-state index is 9.47. The van der Waals surface area contributed by atoms with Gasteiger partial charge in [0.25, 0.3) is 0 Å². The molecule has 0 saturated carbocycles. The first-order valence-corrected chi connectivity index (χ1v) is 8.19. The Kier molecular flexibility index (Phi) is 5.08. The Labute approximate surface area is 136 Å². The van der Waals surface area contributed by atoms with Crippen molar-refractivity contribution in [3.63, 3.8) is 0 Å². The smallest absolute Gasteiger partial charge is 0.133 e. The lowest BCUT2D eigenvalue weighted by Gasteiger charge is -2.35. The topological polar surface area (TPSA) is 36.4 Å². The Bertz CT molecular complexity index is 632. The van der Waals surface area contributed by atoms with Gasteiger partial charge in [-0.05, 0) is 36.5 Å². The Morgan fingerprint density at radius 1 is 1.23 bits per heavy atom. The first-order valence-electron chi connectivity index (χ1n) is 7.81. The summed E-state index contributed by atoms with van der Waals surface area (Å²) in [5.41, 5.74) is 3.84. The molecule has 1 unspecified atom stereocenters. The molecule has 2 aromatic rings. The van der Waals surface area contributed by atoms with E-state index >= 15 is 0 Å². The summed E-state index contributed by atoms with van der Waals surface area (Å²) in [6, 6.07) is 12.9. The average molecular weight is 317 g/mol. The number of fused-ring (bicyclic) bond motifs is 1. The van der Waals surface area contributed by atoms with Gasteiger partial charge in [-0.3, -0.25) is 4.90 Å². The van der Waals surface area contributed by atoms with E-state index in [1.807, 2.05) is 12.1 Å². The first-order chi connectivity index (χ1) is 10.8. The molecule has 0 radical (unpaired) electrons. The maximum absolute atomic E-state index is 9.47. The van der Waals surface area contributed by atoms with Crippen molar-refractivity contribution in [1.29, 1.82) is 0 Å². The Balaban J connectivity index is 1.87. The van der Waals surface area contributed by atoms with E-state index in [4.69, 9.17) is 11.6 Å². The van der Waals surface area contributed by atoms with Crippen LogP contribution in [0.5, 0.6) is 0 Å². The molecule has 0 amide bonds. The minimum Gasteiger partial charge on any atom is -0.395 e. The summed E-state index contributed by atoms with van der Waals surface area (Å²) < 4.78 is 0. The van der Waals surface area contributed by atoms with Crippen LogP contribution in [0.15, 0.2) is 42.6 Å². The fourth-order valence-electron chi connectivity index (χ4n) is 3.34. The Hall–Kier alpha value is -1.42. The minimum absolute atomic E-state index is 0.149. The van der Waals surface area contributed by atoms with Crippen LogP contribution in [0.25, 0.3) is 0 Å². The van der Waals surface area contributed by atoms with Crippen molar-refractivity contribution in [2.24, 2.45) is 0 Å². The highest BCUT2D eigenvalue weighted by Gasteiger charge is 2.25. The number of pyridine rings is 1. The van der Waals surface area contributed by atoms with Crippen molar-refractivity contribution >= 4 is 11.6 Å². The fraction of sp³-hybridized carbons (Fsp3) is 0.389. The number of aliphatic hydroxyl groups is 1. The van der Waals surface area contributed by atoms with Crippen LogP contribution in [0.3, 0.4) is 0 Å². The molecule has 116 valence electrons. The van der Waals surface area contributed by atoms with Crippen LogP contribution < -0.4 is 0 Å². The second-order valence-corrected chi connectivity index (χ2v) is 6.11. The summed E-state index contributed by atoms with van der Waals surface area (Å²) in [6.45, 7) is 1.51. The second kappa shape index (κ2) is 7.23. The second-order valence-electron chi connectivity index (χ2n) is 5.75. The number of aryl methyl sites for hydroxylation is 1. The molecule has 1 heterocycles. The van der Waals surface area contributed by atoms with Crippen molar-refractivity contribution in [2.45, 2.75) is 31.8 Å². The van der Waals surface area contributed by atoms with Gasteiger partial charge in [0, 0.05) is 30.9 Å². The lowest BCUT2D eigenvalue weighted by atomic mass is 9.86. The van der Waals surface area contributed by atoms with Crippen LogP contribution in [-0.2, 0) is 13.0 Å². The van der Waals surface area contributed by atoms with Gasteiger partial charge in [0.05, 0.1) is 6.61 Å². The molecule has 1 aromatic heterocycles. The van der Waals surface area contributed by atoms with Gasteiger partial charge in [0.2, 0.25) is 0 Å². The number of hydrogen-bond donors (Lipinski definition) is 1. The van der Waals surface area contributed by atoms with Crippen molar-refractivity contribution in [3.05, 3.63) is 64.4 Å². The van der Waals surface area contributed by atoms with Crippen LogP contribution in [0.2, 0.25) is 5.15 Å². The molecule has 0 spiro atoms. The molecule has 1 aromatic carbocycles. The summed E-state index contributed by atoms with van der Waals surface area (Å²) in [5.74, 6) is 0. The molecule has 3 rings (SSSR count). The zero-order valence-electron chi connectivity index (χ0n) is 12.6. The predicted octanol–water partition coefficient (Wildman–Crippen LogP) is 3.61. The normalized spacial score (nSPS) is 17.5. The SMILES string of the molecule is OCCN(Cc1cccnc1Cl)C1CCCc2ccccc21. The monoisotopic (exact) mass is 316 g/mol. The molecular formula is C18H21ClN2O. The van der Waals surface area contributed by atoms with Gasteiger partial charge < -0.3 is 5.11 Å². The van der Waals surface area contributed by atoms with E-state index in [0.717, 1.165) is 18.4 Å². The number of hydrogen-bond acceptors (Lipinski definition) is 3. The minimum atomic E-state index is 0.149. The van der Waals surface area contributed by atoms with Crippen molar-refractivity contribution in [2.75, 3.05) is 13.2 Å². The van der Waals surface area contributed by atoms with Crippen molar-refractivity contribution < 1.29 is 5.11 Å². The van der Waals surface area contributed by atoms with Gasteiger partial charge >= 0.3 is 0 Å². The molecule has 0 bridgehead atoms. The molecular weight excluding hydrogens is 296 g/mol. The standard InChI is InChI=1S/C18H21ClN2O/c19-18-15(7-4-10-20-18)13-21(11-12-22)17-9-3-6-14-5-1-2-8-16(14)17/h1-2,4-5,7-8,10,17,22H,3,6,9,11-13H2. The third-order valence-corrected chi connectivity index (χ3v) is 4.72. The third-order valence-electron chi connectivity index (χ3n) is 4.38. The third kappa shape index (κ3) is 3.32. The Morgan fingerprint density at radius 2 is 2.09 bits per heavy atom. The molecule has 1 aliphatic carbocycles. The van der Waals surface area contributed by atoms with E-state index in [-0.39, 0.29) is 6.61 Å². The molecule has 1 N–H and O–H groups in total. The zero-order chi connectivity index (χ0) is 15.4. The molecule has 0 fully saturated rings. The number of aromatic nitrogens is 1. The maximum Gasteiger partial charge on any atom is 0.133 e. The van der Waals surface area contributed by atoms with E-state index in [1.165, 1.54) is 17.5 Å². The summed E-state index contributed by atoms with van der Waals surface area (Å²) in [4.78, 5) is 6.48. The van der Waals surface area contributed by atoms with Gasteiger partial charge in [-0.25, -0.2) is 4.98 Å². The molecule has 3 nitrogen and oxygen atoms in total. The molecule has 0 aliphatic heterocycles. The number of aliphatic hydroxyl groups excluding tert-OH is 1. The van der Waals surface area contributed by atoms with Crippen LogP contribution >= 0.6 is 11.6 Å². The van der Waals surface area contributed by atoms with Gasteiger partial charge in [-0.15, -0.1) is 0 Å². The molecule has 4 heteroatoms. The summed E-state index contributed by atoms with van der Waals surface area (Å²) >= 11 is 6.21. The summed E-state index contributed by atoms with van der Waals surface area (Å²) in [5, 5.41) is 10.0. The van der Waals surface area contributed by atoms with E-state index in [2.05, 4.69) is 34.1 Å². The average Bonchev–Trinajstić information content (AvgIpc) is 2.56. The molecule has 22 heavy (non-hydrogen) atoms. The molecule has 0 saturated heterocycles. The zero-order valence-corrected chi connectivity index (χ0v) is 13.3. The number of halogens is 1. The summed E-state index contributed by atoms with van der Waals surface area (Å²) in [7, 11) is 0. The van der Waals surface area contributed by atoms with Gasteiger partial charge in [-0.1, -0.05) is 41.9 Å². The molecule has 1 atom stereocenters. The largest absolute Gasteiger partial charge is 0.395 e. The van der Waals surface area contributed by atoms with Crippen LogP contribution in [0, 0.1) is 0 Å². The lowest BCUT2D eigenvalue weighted by Crippen LogP contribution is -2.33.